The Bertz CT molecular complexity index is 1250. The molecule has 0 bridgehead atoms. The number of hydrogen-bond acceptors (Lipinski definition) is 5. The molecule has 3 aromatic rings. The number of anilines is 1. The van der Waals surface area contributed by atoms with Gasteiger partial charge >= 0.3 is 5.97 Å². The summed E-state index contributed by atoms with van der Waals surface area (Å²) in [5.41, 5.74) is 1.43. The van der Waals surface area contributed by atoms with Crippen LogP contribution in [-0.2, 0) is 4.79 Å². The van der Waals surface area contributed by atoms with Gasteiger partial charge in [0.2, 0.25) is 0 Å². The summed E-state index contributed by atoms with van der Waals surface area (Å²) < 4.78 is 12.6. The van der Waals surface area contributed by atoms with Gasteiger partial charge in [0.1, 0.15) is 11.6 Å². The first-order valence-electron chi connectivity index (χ1n) is 9.83. The van der Waals surface area contributed by atoms with Crippen LogP contribution in [0.25, 0.3) is 6.08 Å². The van der Waals surface area contributed by atoms with E-state index in [0.29, 0.717) is 33.6 Å². The monoisotopic (exact) mass is 616 g/mol. The zero-order valence-corrected chi connectivity index (χ0v) is 21.2. The van der Waals surface area contributed by atoms with Gasteiger partial charge in [0, 0.05) is 9.26 Å². The lowest BCUT2D eigenvalue weighted by Crippen LogP contribution is -2.13. The Morgan fingerprint density at radius 3 is 2.55 bits per heavy atom. The Hall–Kier alpha value is -3.16. The van der Waals surface area contributed by atoms with Crippen molar-refractivity contribution in [3.8, 4) is 17.6 Å². The summed E-state index contributed by atoms with van der Waals surface area (Å²) in [7, 11) is 0. The van der Waals surface area contributed by atoms with Gasteiger partial charge in [-0.25, -0.2) is 4.79 Å². The van der Waals surface area contributed by atoms with Gasteiger partial charge < -0.3 is 14.8 Å². The first-order valence-corrected chi connectivity index (χ1v) is 11.7. The Balaban J connectivity index is 1.89. The van der Waals surface area contributed by atoms with Crippen LogP contribution in [0.1, 0.15) is 22.8 Å². The second-order valence-corrected chi connectivity index (χ2v) is 8.75. The van der Waals surface area contributed by atoms with Gasteiger partial charge in [-0.3, -0.25) is 4.79 Å². The van der Waals surface area contributed by atoms with Crippen molar-refractivity contribution in [1.29, 1.82) is 5.26 Å². The Kier molecular flexibility index (Phi) is 8.63. The molecule has 1 amide bonds. The fraction of sp³-hybridized carbons (Fsp3) is 0.0800. The zero-order valence-electron chi connectivity index (χ0n) is 17.5. The fourth-order valence-electron chi connectivity index (χ4n) is 2.84. The highest BCUT2D eigenvalue weighted by Gasteiger charge is 2.18. The molecule has 166 valence electrons. The minimum Gasteiger partial charge on any atom is -0.490 e. The van der Waals surface area contributed by atoms with Gasteiger partial charge in [-0.2, -0.15) is 5.26 Å². The van der Waals surface area contributed by atoms with E-state index in [1.165, 1.54) is 6.08 Å². The average Bonchev–Trinajstić information content (AvgIpc) is 2.80. The molecule has 0 atom stereocenters. The predicted molar refractivity (Wildman–Crippen MR) is 138 cm³/mol. The van der Waals surface area contributed by atoms with Crippen molar-refractivity contribution in [2.75, 3.05) is 11.9 Å². The summed E-state index contributed by atoms with van der Waals surface area (Å²) in [6.07, 6.45) is 1.44. The van der Waals surface area contributed by atoms with Gasteiger partial charge in [0.25, 0.3) is 5.91 Å². The van der Waals surface area contributed by atoms with E-state index in [9.17, 15) is 14.9 Å². The molecule has 0 aliphatic rings. The van der Waals surface area contributed by atoms with Crippen LogP contribution in [-0.4, -0.2) is 18.5 Å². The molecule has 0 fully saturated rings. The number of nitriles is 1. The van der Waals surface area contributed by atoms with E-state index in [0.717, 1.165) is 3.57 Å². The molecule has 0 saturated heterocycles. The molecule has 3 rings (SSSR count). The quantitative estimate of drug-likeness (QED) is 0.112. The molecule has 8 heteroatoms. The number of benzene rings is 3. The second-order valence-electron chi connectivity index (χ2n) is 6.65. The van der Waals surface area contributed by atoms with Gasteiger partial charge in [-0.05, 0) is 99.5 Å². The average molecular weight is 617 g/mol. The van der Waals surface area contributed by atoms with Crippen molar-refractivity contribution in [3.05, 3.63) is 91.5 Å². The molecule has 6 nitrogen and oxygen atoms in total. The number of halogens is 2. The van der Waals surface area contributed by atoms with E-state index in [-0.39, 0.29) is 11.3 Å². The number of carbonyl (C=O) groups excluding carboxylic acids is 2. The van der Waals surface area contributed by atoms with E-state index in [4.69, 9.17) is 9.47 Å². The largest absolute Gasteiger partial charge is 0.490 e. The standard InChI is InChI=1S/C25H18BrIN2O4/c1-2-32-22-13-16(11-18(15-28)24(30)29-20-10-6-9-19(27)14-20)12-21(26)23(22)33-25(31)17-7-4-3-5-8-17/h3-14H,2H2,1H3,(H,29,30)/b18-11+. The highest BCUT2D eigenvalue weighted by Crippen LogP contribution is 2.38. The highest BCUT2D eigenvalue weighted by atomic mass is 127. The Labute approximate surface area is 213 Å². The second kappa shape index (κ2) is 11.6. The van der Waals surface area contributed by atoms with Crippen molar-refractivity contribution in [3.63, 3.8) is 0 Å². The molecule has 33 heavy (non-hydrogen) atoms. The van der Waals surface area contributed by atoms with Crippen LogP contribution >= 0.6 is 38.5 Å². The number of carbonyl (C=O) groups is 2. The smallest absolute Gasteiger partial charge is 0.343 e. The van der Waals surface area contributed by atoms with Crippen LogP contribution < -0.4 is 14.8 Å². The maximum Gasteiger partial charge on any atom is 0.343 e. The SMILES string of the molecule is CCOc1cc(/C=C(\C#N)C(=O)Nc2cccc(I)c2)cc(Br)c1OC(=O)c1ccccc1. The molecule has 0 radical (unpaired) electrons. The third kappa shape index (κ3) is 6.66. The summed E-state index contributed by atoms with van der Waals surface area (Å²) in [5.74, 6) is -0.550. The molecule has 0 aliphatic heterocycles. The van der Waals surface area contributed by atoms with Crippen molar-refractivity contribution >= 4 is 62.2 Å². The minimum atomic E-state index is -0.534. The number of rotatable bonds is 7. The van der Waals surface area contributed by atoms with Gasteiger partial charge in [0.15, 0.2) is 11.5 Å². The molecule has 1 N–H and O–H groups in total. The van der Waals surface area contributed by atoms with Crippen molar-refractivity contribution in [2.24, 2.45) is 0 Å². The topological polar surface area (TPSA) is 88.4 Å². The minimum absolute atomic E-state index is 0.0859. The van der Waals surface area contributed by atoms with Crippen LogP contribution in [0.4, 0.5) is 5.69 Å². The molecule has 0 unspecified atom stereocenters. The van der Waals surface area contributed by atoms with E-state index in [2.05, 4.69) is 43.8 Å². The lowest BCUT2D eigenvalue weighted by molar-refractivity contribution is -0.112. The fourth-order valence-corrected chi connectivity index (χ4v) is 3.92. The first-order chi connectivity index (χ1) is 15.9. The van der Waals surface area contributed by atoms with Crippen molar-refractivity contribution in [1.82, 2.24) is 0 Å². The van der Waals surface area contributed by atoms with Gasteiger partial charge in [-0.1, -0.05) is 24.3 Å². The molecule has 0 spiro atoms. The van der Waals surface area contributed by atoms with E-state index in [1.54, 1.807) is 61.5 Å². The van der Waals surface area contributed by atoms with E-state index >= 15 is 0 Å². The maximum absolute atomic E-state index is 12.6. The molecular weight excluding hydrogens is 599 g/mol. The summed E-state index contributed by atoms with van der Waals surface area (Å²) in [4.78, 5) is 25.1. The van der Waals surface area contributed by atoms with Gasteiger partial charge in [0.05, 0.1) is 16.6 Å². The third-order valence-electron chi connectivity index (χ3n) is 4.29. The molecule has 0 saturated carbocycles. The highest BCUT2D eigenvalue weighted by molar-refractivity contribution is 14.1. The van der Waals surface area contributed by atoms with Crippen LogP contribution in [0.15, 0.2) is 76.8 Å². The molecule has 0 aromatic heterocycles. The number of nitrogens with zero attached hydrogens (tertiary/aromatic N) is 1. The molecule has 0 heterocycles. The summed E-state index contributed by atoms with van der Waals surface area (Å²) >= 11 is 5.55. The maximum atomic E-state index is 12.6. The van der Waals surface area contributed by atoms with Crippen molar-refractivity contribution in [2.45, 2.75) is 6.92 Å². The summed E-state index contributed by atoms with van der Waals surface area (Å²) in [6.45, 7) is 2.13. The normalized spacial score (nSPS) is 10.8. The van der Waals surface area contributed by atoms with Crippen LogP contribution in [0.2, 0.25) is 0 Å². The number of nitrogens with one attached hydrogen (secondary N) is 1. The number of hydrogen-bond donors (Lipinski definition) is 1. The molecule has 0 aliphatic carbocycles. The zero-order chi connectivity index (χ0) is 23.8. The summed E-state index contributed by atoms with van der Waals surface area (Å²) in [5, 5.41) is 12.3. The Morgan fingerprint density at radius 2 is 1.88 bits per heavy atom. The first kappa shape index (κ1) is 24.5. The Morgan fingerprint density at radius 1 is 1.12 bits per heavy atom. The predicted octanol–water partition coefficient (Wildman–Crippen LogP) is 6.22. The van der Waals surface area contributed by atoms with E-state index < -0.39 is 11.9 Å². The number of esters is 1. The van der Waals surface area contributed by atoms with Crippen LogP contribution in [0.3, 0.4) is 0 Å². The number of amides is 1. The molecule has 3 aromatic carbocycles. The van der Waals surface area contributed by atoms with Crippen LogP contribution in [0, 0.1) is 14.9 Å². The third-order valence-corrected chi connectivity index (χ3v) is 5.55. The van der Waals surface area contributed by atoms with E-state index in [1.807, 2.05) is 18.2 Å². The lowest BCUT2D eigenvalue weighted by atomic mass is 10.1. The van der Waals surface area contributed by atoms with Crippen LogP contribution in [0.5, 0.6) is 11.5 Å². The lowest BCUT2D eigenvalue weighted by Gasteiger charge is -2.14. The van der Waals surface area contributed by atoms with Crippen molar-refractivity contribution < 1.29 is 19.1 Å². The number of ether oxygens (including phenoxy) is 2. The van der Waals surface area contributed by atoms with Gasteiger partial charge in [-0.15, -0.1) is 0 Å². The molecular formula is C25H18BrIN2O4. The summed E-state index contributed by atoms with van der Waals surface area (Å²) in [6, 6.07) is 21.0.